The molecule has 1 aliphatic rings. The van der Waals surface area contributed by atoms with E-state index in [1.165, 1.54) is 25.4 Å². The van der Waals surface area contributed by atoms with Crippen molar-refractivity contribution in [1.82, 2.24) is 15.3 Å². The zero-order valence-electron chi connectivity index (χ0n) is 11.7. The Balaban J connectivity index is 1.90. The minimum Gasteiger partial charge on any atom is -0.476 e. The first-order valence-corrected chi connectivity index (χ1v) is 6.57. The lowest BCUT2D eigenvalue weighted by Gasteiger charge is -2.07. The van der Waals surface area contributed by atoms with E-state index >= 15 is 0 Å². The molecule has 6 heteroatoms. The van der Waals surface area contributed by atoms with E-state index in [-0.39, 0.29) is 11.7 Å². The van der Waals surface area contributed by atoms with Gasteiger partial charge in [-0.1, -0.05) is 6.08 Å². The van der Waals surface area contributed by atoms with Gasteiger partial charge in [0.2, 0.25) is 11.8 Å². The smallest absolute Gasteiger partial charge is 0.232 e. The molecular weight excluding hydrogens is 273 g/mol. The first kappa shape index (κ1) is 14.9. The van der Waals surface area contributed by atoms with Crippen molar-refractivity contribution in [2.75, 3.05) is 6.61 Å². The summed E-state index contributed by atoms with van der Waals surface area (Å²) in [5.74, 6) is -0.0627. The largest absolute Gasteiger partial charge is 0.476 e. The van der Waals surface area contributed by atoms with Gasteiger partial charge in [0, 0.05) is 31.4 Å². The molecule has 110 valence electrons. The van der Waals surface area contributed by atoms with Gasteiger partial charge in [0.05, 0.1) is 12.8 Å². The van der Waals surface area contributed by atoms with Gasteiger partial charge in [0.25, 0.3) is 0 Å². The monoisotopic (exact) mass is 289 g/mol. The Morgan fingerprint density at radius 3 is 3.00 bits per heavy atom. The van der Waals surface area contributed by atoms with Crippen LogP contribution in [0.25, 0.3) is 0 Å². The summed E-state index contributed by atoms with van der Waals surface area (Å²) in [6, 6.07) is 0. The van der Waals surface area contributed by atoms with Crippen LogP contribution in [0.15, 0.2) is 53.9 Å². The Morgan fingerprint density at radius 2 is 2.29 bits per heavy atom. The van der Waals surface area contributed by atoms with E-state index in [4.69, 9.17) is 4.74 Å². The fraction of sp³-hybridized carbons (Fsp3) is 0.267. The van der Waals surface area contributed by atoms with Crippen molar-refractivity contribution in [3.8, 4) is 5.88 Å². The first-order chi connectivity index (χ1) is 10.1. The molecule has 1 N–H and O–H groups in total. The maximum absolute atomic E-state index is 13.9. The quantitative estimate of drug-likeness (QED) is 0.904. The summed E-state index contributed by atoms with van der Waals surface area (Å²) < 4.78 is 19.3. The molecule has 21 heavy (non-hydrogen) atoms. The van der Waals surface area contributed by atoms with E-state index in [0.717, 1.165) is 0 Å². The molecule has 0 aliphatic heterocycles. The number of amides is 1. The fourth-order valence-corrected chi connectivity index (χ4v) is 1.84. The Labute approximate surface area is 122 Å². The summed E-state index contributed by atoms with van der Waals surface area (Å²) in [6.45, 7) is 1.73. The van der Waals surface area contributed by atoms with Crippen LogP contribution >= 0.6 is 0 Å². The lowest BCUT2D eigenvalue weighted by atomic mass is 10.1. The first-order valence-electron chi connectivity index (χ1n) is 6.57. The average molecular weight is 289 g/mol. The van der Waals surface area contributed by atoms with Crippen molar-refractivity contribution >= 4 is 5.91 Å². The SMILES string of the molecule is CC(=O)NC1=CCC(CCOc2cnccn2)=C(F)C=C1. The molecule has 1 aromatic heterocycles. The molecule has 1 aliphatic carbocycles. The van der Waals surface area contributed by atoms with Crippen molar-refractivity contribution in [2.24, 2.45) is 0 Å². The molecule has 0 spiro atoms. The molecule has 0 unspecified atom stereocenters. The zero-order valence-corrected chi connectivity index (χ0v) is 11.7. The molecule has 5 nitrogen and oxygen atoms in total. The van der Waals surface area contributed by atoms with Crippen molar-refractivity contribution in [3.63, 3.8) is 0 Å². The lowest BCUT2D eigenvalue weighted by molar-refractivity contribution is -0.118. The van der Waals surface area contributed by atoms with Crippen LogP contribution in [-0.4, -0.2) is 22.5 Å². The molecule has 1 aromatic rings. The van der Waals surface area contributed by atoms with Gasteiger partial charge < -0.3 is 10.1 Å². The van der Waals surface area contributed by atoms with Gasteiger partial charge in [-0.2, -0.15) is 0 Å². The summed E-state index contributed by atoms with van der Waals surface area (Å²) in [6.07, 6.45) is 10.1. The molecule has 0 fully saturated rings. The second kappa shape index (κ2) is 7.33. The summed E-state index contributed by atoms with van der Waals surface area (Å²) in [5.41, 5.74) is 1.22. The number of nitrogens with zero attached hydrogens (tertiary/aromatic N) is 2. The van der Waals surface area contributed by atoms with Gasteiger partial charge in [0.15, 0.2) is 0 Å². The fourth-order valence-electron chi connectivity index (χ4n) is 1.84. The summed E-state index contributed by atoms with van der Waals surface area (Å²) in [5, 5.41) is 2.64. The van der Waals surface area contributed by atoms with E-state index < -0.39 is 0 Å². The molecular formula is C15H16FN3O2. The Hall–Kier alpha value is -2.50. The highest BCUT2D eigenvalue weighted by molar-refractivity contribution is 5.75. The highest BCUT2D eigenvalue weighted by atomic mass is 19.1. The zero-order chi connectivity index (χ0) is 15.1. The summed E-state index contributed by atoms with van der Waals surface area (Å²) >= 11 is 0. The minimum absolute atomic E-state index is 0.180. The third kappa shape index (κ3) is 4.83. The summed E-state index contributed by atoms with van der Waals surface area (Å²) in [4.78, 5) is 18.8. The standard InChI is InChI=1S/C15H16FN3O2/c1-11(20)19-13-3-2-12(14(16)5-4-13)6-9-21-15-10-17-7-8-18-15/h3-5,7-8,10H,2,6,9H2,1H3,(H,19,20). The van der Waals surface area contributed by atoms with Crippen molar-refractivity contribution < 1.29 is 13.9 Å². The molecule has 2 rings (SSSR count). The number of rotatable bonds is 5. The van der Waals surface area contributed by atoms with Crippen molar-refractivity contribution in [1.29, 1.82) is 0 Å². The summed E-state index contributed by atoms with van der Waals surface area (Å²) in [7, 11) is 0. The number of ether oxygens (including phenoxy) is 1. The number of halogens is 1. The number of hydrogen-bond acceptors (Lipinski definition) is 4. The number of hydrogen-bond donors (Lipinski definition) is 1. The average Bonchev–Trinajstić information content (AvgIpc) is 2.63. The van der Waals surface area contributed by atoms with E-state index in [0.29, 0.717) is 36.6 Å². The predicted octanol–water partition coefficient (Wildman–Crippen LogP) is 2.45. The van der Waals surface area contributed by atoms with Crippen LogP contribution in [0.1, 0.15) is 19.8 Å². The predicted molar refractivity (Wildman–Crippen MR) is 75.9 cm³/mol. The van der Waals surface area contributed by atoms with Gasteiger partial charge in [0.1, 0.15) is 5.83 Å². The number of carbonyl (C=O) groups is 1. The van der Waals surface area contributed by atoms with Gasteiger partial charge in [-0.15, -0.1) is 0 Å². The molecule has 1 amide bonds. The molecule has 0 radical (unpaired) electrons. The van der Waals surface area contributed by atoms with Crippen molar-refractivity contribution in [3.05, 3.63) is 53.9 Å². The van der Waals surface area contributed by atoms with Crippen LogP contribution in [0.5, 0.6) is 5.88 Å². The van der Waals surface area contributed by atoms with Crippen LogP contribution in [0, 0.1) is 0 Å². The molecule has 0 saturated carbocycles. The van der Waals surface area contributed by atoms with Crippen LogP contribution < -0.4 is 10.1 Å². The molecule has 1 heterocycles. The van der Waals surface area contributed by atoms with E-state index in [1.807, 2.05) is 0 Å². The topological polar surface area (TPSA) is 64.1 Å². The van der Waals surface area contributed by atoms with E-state index in [1.54, 1.807) is 18.3 Å². The second-order valence-electron chi connectivity index (χ2n) is 4.47. The molecule has 0 bridgehead atoms. The van der Waals surface area contributed by atoms with Gasteiger partial charge in [-0.25, -0.2) is 9.37 Å². The normalized spacial score (nSPS) is 14.5. The number of carbonyl (C=O) groups excluding carboxylic acids is 1. The van der Waals surface area contributed by atoms with Crippen LogP contribution in [0.2, 0.25) is 0 Å². The van der Waals surface area contributed by atoms with Crippen LogP contribution in [-0.2, 0) is 4.79 Å². The number of allylic oxidation sites excluding steroid dienone is 4. The lowest BCUT2D eigenvalue weighted by Crippen LogP contribution is -2.17. The number of aromatic nitrogens is 2. The van der Waals surface area contributed by atoms with Crippen molar-refractivity contribution in [2.45, 2.75) is 19.8 Å². The highest BCUT2D eigenvalue weighted by Gasteiger charge is 2.09. The van der Waals surface area contributed by atoms with Crippen LogP contribution in [0.3, 0.4) is 0 Å². The van der Waals surface area contributed by atoms with Crippen LogP contribution in [0.4, 0.5) is 4.39 Å². The molecule has 0 saturated heterocycles. The van der Waals surface area contributed by atoms with Gasteiger partial charge in [-0.3, -0.25) is 9.78 Å². The minimum atomic E-state index is -0.297. The second-order valence-corrected chi connectivity index (χ2v) is 4.47. The maximum Gasteiger partial charge on any atom is 0.232 e. The van der Waals surface area contributed by atoms with E-state index in [2.05, 4.69) is 15.3 Å². The third-order valence-electron chi connectivity index (χ3n) is 2.83. The Morgan fingerprint density at radius 1 is 1.43 bits per heavy atom. The maximum atomic E-state index is 13.9. The Bertz CT molecular complexity index is 594. The molecule has 0 atom stereocenters. The van der Waals surface area contributed by atoms with Gasteiger partial charge in [-0.05, 0) is 24.1 Å². The Kier molecular flexibility index (Phi) is 5.20. The number of nitrogens with one attached hydrogen (secondary N) is 1. The molecule has 0 aromatic carbocycles. The van der Waals surface area contributed by atoms with E-state index in [9.17, 15) is 9.18 Å². The third-order valence-corrected chi connectivity index (χ3v) is 2.83. The van der Waals surface area contributed by atoms with Gasteiger partial charge >= 0.3 is 0 Å². The highest BCUT2D eigenvalue weighted by Crippen LogP contribution is 2.21.